The van der Waals surface area contributed by atoms with Crippen LogP contribution in [0.5, 0.6) is 5.75 Å². The minimum Gasteiger partial charge on any atom is -0.492 e. The number of piperidine rings is 1. The standard InChI is InChI=1S/C25H32Cl2N2O4S/c1-25(2,3)19-9-11-20(12-10-19)33-15-13-28-24(30)18-6-5-14-29(16-18)34(31,32)17-21-22(26)7-4-8-23(21)27/h4,7-12,18H,5-6,13-17H2,1-3H3,(H,28,30). The van der Waals surface area contributed by atoms with Gasteiger partial charge in [0.1, 0.15) is 12.4 Å². The highest BCUT2D eigenvalue weighted by atomic mass is 35.5. The Kier molecular flexibility index (Phi) is 8.90. The molecule has 0 bridgehead atoms. The average molecular weight is 528 g/mol. The van der Waals surface area contributed by atoms with Crippen LogP contribution in [-0.4, -0.2) is 44.9 Å². The lowest BCUT2D eigenvalue weighted by Crippen LogP contribution is -2.46. The van der Waals surface area contributed by atoms with Crippen molar-refractivity contribution in [2.24, 2.45) is 5.92 Å². The molecule has 1 fully saturated rings. The van der Waals surface area contributed by atoms with Gasteiger partial charge in [-0.15, -0.1) is 0 Å². The summed E-state index contributed by atoms with van der Waals surface area (Å²) in [7, 11) is -3.66. The third kappa shape index (κ3) is 7.11. The van der Waals surface area contributed by atoms with Crippen LogP contribution in [0.4, 0.5) is 0 Å². The summed E-state index contributed by atoms with van der Waals surface area (Å²) in [5, 5.41) is 3.50. The second-order valence-electron chi connectivity index (χ2n) is 9.57. The number of amides is 1. The molecule has 0 saturated carbocycles. The lowest BCUT2D eigenvalue weighted by molar-refractivity contribution is -0.126. The number of hydrogen-bond acceptors (Lipinski definition) is 4. The highest BCUT2D eigenvalue weighted by Crippen LogP contribution is 2.29. The minimum absolute atomic E-state index is 0.0769. The van der Waals surface area contributed by atoms with E-state index in [2.05, 4.69) is 26.1 Å². The monoisotopic (exact) mass is 526 g/mol. The lowest BCUT2D eigenvalue weighted by atomic mass is 9.87. The summed E-state index contributed by atoms with van der Waals surface area (Å²) in [6.07, 6.45) is 1.25. The summed E-state index contributed by atoms with van der Waals surface area (Å²) in [4.78, 5) is 12.7. The van der Waals surface area contributed by atoms with Gasteiger partial charge in [0.2, 0.25) is 15.9 Å². The molecular formula is C25H32Cl2N2O4S. The molecule has 1 atom stereocenters. The fourth-order valence-corrected chi connectivity index (χ4v) is 6.25. The second-order valence-corrected chi connectivity index (χ2v) is 12.4. The van der Waals surface area contributed by atoms with Gasteiger partial charge in [-0.05, 0) is 48.1 Å². The van der Waals surface area contributed by atoms with Crippen LogP contribution in [0.2, 0.25) is 10.0 Å². The number of carbonyl (C=O) groups excluding carboxylic acids is 1. The predicted molar refractivity (Wildman–Crippen MR) is 137 cm³/mol. The van der Waals surface area contributed by atoms with E-state index >= 15 is 0 Å². The van der Waals surface area contributed by atoms with Gasteiger partial charge in [-0.2, -0.15) is 0 Å². The van der Waals surface area contributed by atoms with Crippen molar-refractivity contribution in [1.82, 2.24) is 9.62 Å². The van der Waals surface area contributed by atoms with Crippen LogP contribution in [0.3, 0.4) is 0 Å². The van der Waals surface area contributed by atoms with Crippen LogP contribution in [-0.2, 0) is 26.0 Å². The number of benzene rings is 2. The predicted octanol–water partition coefficient (Wildman–Crippen LogP) is 5.03. The number of ether oxygens (including phenoxy) is 1. The van der Waals surface area contributed by atoms with Crippen LogP contribution in [0.25, 0.3) is 0 Å². The molecule has 9 heteroatoms. The summed E-state index contributed by atoms with van der Waals surface area (Å²) in [6, 6.07) is 12.8. The smallest absolute Gasteiger partial charge is 0.224 e. The average Bonchev–Trinajstić information content (AvgIpc) is 2.79. The SMILES string of the molecule is CC(C)(C)c1ccc(OCCNC(=O)C2CCCN(S(=O)(=O)Cc3c(Cl)cccc3Cl)C2)cc1. The lowest BCUT2D eigenvalue weighted by Gasteiger charge is -2.31. The Morgan fingerprint density at radius 2 is 1.76 bits per heavy atom. The first-order valence-corrected chi connectivity index (χ1v) is 13.8. The van der Waals surface area contributed by atoms with Crippen molar-refractivity contribution in [3.63, 3.8) is 0 Å². The molecule has 1 amide bonds. The Morgan fingerprint density at radius 3 is 2.38 bits per heavy atom. The van der Waals surface area contributed by atoms with E-state index in [9.17, 15) is 13.2 Å². The van der Waals surface area contributed by atoms with E-state index in [1.807, 2.05) is 24.3 Å². The van der Waals surface area contributed by atoms with Crippen LogP contribution in [0.15, 0.2) is 42.5 Å². The highest BCUT2D eigenvalue weighted by molar-refractivity contribution is 7.88. The normalized spacial score (nSPS) is 17.4. The van der Waals surface area contributed by atoms with Crippen molar-refractivity contribution in [3.8, 4) is 5.75 Å². The molecule has 0 radical (unpaired) electrons. The van der Waals surface area contributed by atoms with Crippen molar-refractivity contribution >= 4 is 39.1 Å². The summed E-state index contributed by atoms with van der Waals surface area (Å²) in [6.45, 7) is 7.66. The fourth-order valence-electron chi connectivity index (χ4n) is 3.89. The maximum atomic E-state index is 13.0. The Bertz CT molecular complexity index is 1080. The number of carbonyl (C=O) groups is 1. The number of hydrogen-bond donors (Lipinski definition) is 1. The largest absolute Gasteiger partial charge is 0.492 e. The first-order valence-electron chi connectivity index (χ1n) is 11.4. The maximum absolute atomic E-state index is 13.0. The molecule has 1 saturated heterocycles. The van der Waals surface area contributed by atoms with E-state index in [-0.39, 0.29) is 23.6 Å². The van der Waals surface area contributed by atoms with E-state index < -0.39 is 15.9 Å². The molecule has 0 spiro atoms. The Labute approximate surface area is 212 Å². The van der Waals surface area contributed by atoms with Gasteiger partial charge < -0.3 is 10.1 Å². The zero-order valence-corrected chi connectivity index (χ0v) is 22.1. The number of nitrogens with one attached hydrogen (secondary N) is 1. The van der Waals surface area contributed by atoms with Gasteiger partial charge in [-0.3, -0.25) is 4.79 Å². The number of sulfonamides is 1. The molecule has 3 rings (SSSR count). The van der Waals surface area contributed by atoms with Gasteiger partial charge in [-0.25, -0.2) is 12.7 Å². The molecule has 0 aliphatic carbocycles. The van der Waals surface area contributed by atoms with Gasteiger partial charge in [0.05, 0.1) is 18.2 Å². The van der Waals surface area contributed by atoms with Gasteiger partial charge in [0.15, 0.2) is 0 Å². The van der Waals surface area contributed by atoms with Gasteiger partial charge >= 0.3 is 0 Å². The molecule has 1 aliphatic heterocycles. The van der Waals surface area contributed by atoms with Gasteiger partial charge in [0.25, 0.3) is 0 Å². The zero-order chi connectivity index (χ0) is 24.9. The highest BCUT2D eigenvalue weighted by Gasteiger charge is 2.33. The van der Waals surface area contributed by atoms with E-state index in [4.69, 9.17) is 27.9 Å². The minimum atomic E-state index is -3.66. The molecular weight excluding hydrogens is 495 g/mol. The van der Waals surface area contributed by atoms with Gasteiger partial charge in [0, 0.05) is 28.7 Å². The first kappa shape index (κ1) is 26.8. The molecule has 34 heavy (non-hydrogen) atoms. The fraction of sp³-hybridized carbons (Fsp3) is 0.480. The van der Waals surface area contributed by atoms with E-state index in [0.29, 0.717) is 48.1 Å². The topological polar surface area (TPSA) is 75.7 Å². The Hall–Kier alpha value is -1.80. The quantitative estimate of drug-likeness (QED) is 0.489. The molecule has 1 heterocycles. The maximum Gasteiger partial charge on any atom is 0.224 e. The molecule has 6 nitrogen and oxygen atoms in total. The number of halogens is 2. The van der Waals surface area contributed by atoms with E-state index in [0.717, 1.165) is 5.75 Å². The van der Waals surface area contributed by atoms with Gasteiger partial charge in [-0.1, -0.05) is 62.2 Å². The molecule has 1 N–H and O–H groups in total. The Balaban J connectivity index is 1.49. The van der Waals surface area contributed by atoms with Crippen molar-refractivity contribution < 1.29 is 17.9 Å². The Morgan fingerprint density at radius 1 is 1.12 bits per heavy atom. The van der Waals surface area contributed by atoms with Crippen LogP contribution < -0.4 is 10.1 Å². The first-order chi connectivity index (χ1) is 16.0. The third-order valence-corrected chi connectivity index (χ3v) is 8.41. The molecule has 2 aromatic rings. The van der Waals surface area contributed by atoms with Crippen molar-refractivity contribution in [2.45, 2.75) is 44.8 Å². The van der Waals surface area contributed by atoms with E-state index in [1.54, 1.807) is 18.2 Å². The van der Waals surface area contributed by atoms with E-state index in [1.165, 1.54) is 9.87 Å². The molecule has 1 aliphatic rings. The summed E-state index contributed by atoms with van der Waals surface area (Å²) < 4.78 is 33.1. The third-order valence-electron chi connectivity index (χ3n) is 5.93. The second kappa shape index (κ2) is 11.3. The van der Waals surface area contributed by atoms with Crippen molar-refractivity contribution in [3.05, 3.63) is 63.6 Å². The molecule has 1 unspecified atom stereocenters. The van der Waals surface area contributed by atoms with Crippen molar-refractivity contribution in [2.75, 3.05) is 26.2 Å². The summed E-state index contributed by atoms with van der Waals surface area (Å²) in [5.74, 6) is -0.115. The molecule has 0 aromatic heterocycles. The van der Waals surface area contributed by atoms with Crippen LogP contribution >= 0.6 is 23.2 Å². The number of nitrogens with zero attached hydrogens (tertiary/aromatic N) is 1. The number of rotatable bonds is 8. The summed E-state index contributed by atoms with van der Waals surface area (Å²) >= 11 is 12.3. The zero-order valence-electron chi connectivity index (χ0n) is 19.8. The van der Waals surface area contributed by atoms with Crippen LogP contribution in [0, 0.1) is 5.92 Å². The van der Waals surface area contributed by atoms with Crippen molar-refractivity contribution in [1.29, 1.82) is 0 Å². The molecule has 2 aromatic carbocycles. The van der Waals surface area contributed by atoms with Crippen LogP contribution in [0.1, 0.15) is 44.7 Å². The molecule has 186 valence electrons. The summed E-state index contributed by atoms with van der Waals surface area (Å²) in [5.41, 5.74) is 1.68.